The second-order valence-electron chi connectivity index (χ2n) is 5.02. The molecule has 0 amide bonds. The number of hydrogen-bond acceptors (Lipinski definition) is 1. The fraction of sp³-hybridized carbons (Fsp3) is 0.308. The molecular weight excluding hydrogens is 277 g/mol. The van der Waals surface area contributed by atoms with E-state index in [-0.39, 0.29) is 5.41 Å². The van der Waals surface area contributed by atoms with Crippen LogP contribution in [0.15, 0.2) is 18.2 Å². The third kappa shape index (κ3) is 2.52. The van der Waals surface area contributed by atoms with Gasteiger partial charge in [0.1, 0.15) is 0 Å². The van der Waals surface area contributed by atoms with Gasteiger partial charge in [-0.1, -0.05) is 55.6 Å². The van der Waals surface area contributed by atoms with Crippen LogP contribution in [-0.4, -0.2) is 4.98 Å². The molecule has 0 atom stereocenters. The summed E-state index contributed by atoms with van der Waals surface area (Å²) in [5, 5.41) is 2.51. The van der Waals surface area contributed by atoms with E-state index in [2.05, 4.69) is 25.8 Å². The minimum Gasteiger partial charge on any atom is -0.251 e. The molecule has 4 heteroatoms. The molecule has 0 aliphatic carbocycles. The van der Waals surface area contributed by atoms with Gasteiger partial charge in [0.05, 0.1) is 15.6 Å². The van der Waals surface area contributed by atoms with Crippen LogP contribution in [0.2, 0.25) is 15.1 Å². The number of hydrogen-bond donors (Lipinski definition) is 0. The molecule has 0 aliphatic heterocycles. The molecule has 1 aromatic heterocycles. The van der Waals surface area contributed by atoms with Crippen molar-refractivity contribution in [3.8, 4) is 0 Å². The van der Waals surface area contributed by atoms with Gasteiger partial charge in [0.15, 0.2) is 0 Å². The first-order valence-electron chi connectivity index (χ1n) is 5.25. The lowest BCUT2D eigenvalue weighted by Crippen LogP contribution is -2.13. The predicted octanol–water partition coefficient (Wildman–Crippen LogP) is 5.49. The van der Waals surface area contributed by atoms with Crippen molar-refractivity contribution in [3.05, 3.63) is 39.0 Å². The number of halogens is 3. The molecule has 2 rings (SSSR count). The Bertz CT molecular complexity index is 585. The highest BCUT2D eigenvalue weighted by atomic mass is 35.5. The van der Waals surface area contributed by atoms with Gasteiger partial charge >= 0.3 is 0 Å². The number of fused-ring (bicyclic) bond motifs is 1. The fourth-order valence-electron chi connectivity index (χ4n) is 1.60. The van der Waals surface area contributed by atoms with Crippen LogP contribution in [0.5, 0.6) is 0 Å². The van der Waals surface area contributed by atoms with Crippen molar-refractivity contribution < 1.29 is 0 Å². The van der Waals surface area contributed by atoms with Crippen LogP contribution in [0.4, 0.5) is 0 Å². The van der Waals surface area contributed by atoms with Gasteiger partial charge in [0.2, 0.25) is 0 Å². The number of pyridine rings is 1. The molecule has 1 nitrogen and oxygen atoms in total. The zero-order valence-electron chi connectivity index (χ0n) is 9.81. The van der Waals surface area contributed by atoms with Gasteiger partial charge in [0, 0.05) is 21.5 Å². The molecule has 1 heterocycles. The number of benzene rings is 1. The maximum absolute atomic E-state index is 6.25. The molecular formula is C13H12Cl3N. The average Bonchev–Trinajstić information content (AvgIpc) is 2.17. The van der Waals surface area contributed by atoms with E-state index in [0.717, 1.165) is 11.1 Å². The molecule has 17 heavy (non-hydrogen) atoms. The smallest absolute Gasteiger partial charge is 0.0907 e. The topological polar surface area (TPSA) is 12.9 Å². The van der Waals surface area contributed by atoms with Crippen molar-refractivity contribution in [2.24, 2.45) is 0 Å². The van der Waals surface area contributed by atoms with Crippen LogP contribution < -0.4 is 0 Å². The molecule has 0 bridgehead atoms. The molecule has 0 unspecified atom stereocenters. The van der Waals surface area contributed by atoms with E-state index in [1.165, 1.54) is 0 Å². The zero-order valence-corrected chi connectivity index (χ0v) is 12.1. The Kier molecular flexibility index (Phi) is 3.28. The van der Waals surface area contributed by atoms with E-state index in [1.54, 1.807) is 12.1 Å². The van der Waals surface area contributed by atoms with E-state index in [0.29, 0.717) is 20.6 Å². The third-order valence-corrected chi connectivity index (χ3v) is 3.37. The zero-order chi connectivity index (χ0) is 12.8. The summed E-state index contributed by atoms with van der Waals surface area (Å²) >= 11 is 18.4. The Balaban J connectivity index is 2.83. The van der Waals surface area contributed by atoms with E-state index < -0.39 is 0 Å². The maximum atomic E-state index is 6.25. The largest absolute Gasteiger partial charge is 0.251 e. The van der Waals surface area contributed by atoms with E-state index in [9.17, 15) is 0 Å². The van der Waals surface area contributed by atoms with Crippen molar-refractivity contribution >= 4 is 45.7 Å². The quantitative estimate of drug-likeness (QED) is 0.624. The average molecular weight is 289 g/mol. The molecule has 1 aromatic carbocycles. The molecule has 2 aromatic rings. The summed E-state index contributed by atoms with van der Waals surface area (Å²) in [5.41, 5.74) is 1.55. The van der Waals surface area contributed by atoms with Crippen LogP contribution in [-0.2, 0) is 5.41 Å². The lowest BCUT2D eigenvalue weighted by Gasteiger charge is -2.19. The highest BCUT2D eigenvalue weighted by Crippen LogP contribution is 2.34. The second kappa shape index (κ2) is 4.31. The SMILES string of the molecule is CC(C)(C)c1cc(Cl)c2cc(Cl)cc(Cl)c2n1. The summed E-state index contributed by atoms with van der Waals surface area (Å²) in [7, 11) is 0. The van der Waals surface area contributed by atoms with Crippen molar-refractivity contribution in [3.63, 3.8) is 0 Å². The summed E-state index contributed by atoms with van der Waals surface area (Å²) in [6, 6.07) is 5.34. The van der Waals surface area contributed by atoms with Crippen molar-refractivity contribution in [1.82, 2.24) is 4.98 Å². The first-order chi connectivity index (χ1) is 7.79. The predicted molar refractivity (Wildman–Crippen MR) is 75.5 cm³/mol. The minimum atomic E-state index is -0.0687. The summed E-state index contributed by atoms with van der Waals surface area (Å²) in [6.45, 7) is 6.25. The molecule has 0 radical (unpaired) electrons. The number of rotatable bonds is 0. The Hall–Kier alpha value is -0.500. The van der Waals surface area contributed by atoms with E-state index >= 15 is 0 Å². The molecule has 0 spiro atoms. The Morgan fingerprint density at radius 2 is 1.59 bits per heavy atom. The Morgan fingerprint density at radius 3 is 2.18 bits per heavy atom. The molecule has 0 saturated heterocycles. The summed E-state index contributed by atoms with van der Waals surface area (Å²) in [4.78, 5) is 4.57. The van der Waals surface area contributed by atoms with Crippen LogP contribution in [0.25, 0.3) is 10.9 Å². The molecule has 0 N–H and O–H groups in total. The fourth-order valence-corrected chi connectivity index (χ4v) is 2.38. The van der Waals surface area contributed by atoms with Gasteiger partial charge in [-0.15, -0.1) is 0 Å². The van der Waals surface area contributed by atoms with Gasteiger partial charge in [-0.25, -0.2) is 0 Å². The van der Waals surface area contributed by atoms with Crippen LogP contribution in [0, 0.1) is 0 Å². The van der Waals surface area contributed by atoms with E-state index in [4.69, 9.17) is 34.8 Å². The highest BCUT2D eigenvalue weighted by Gasteiger charge is 2.18. The van der Waals surface area contributed by atoms with Crippen LogP contribution in [0.3, 0.4) is 0 Å². The summed E-state index contributed by atoms with van der Waals surface area (Å²) < 4.78 is 0. The van der Waals surface area contributed by atoms with Gasteiger partial charge in [-0.3, -0.25) is 4.98 Å². The monoisotopic (exact) mass is 287 g/mol. The van der Waals surface area contributed by atoms with Gasteiger partial charge in [-0.2, -0.15) is 0 Å². The van der Waals surface area contributed by atoms with Crippen molar-refractivity contribution in [2.75, 3.05) is 0 Å². The van der Waals surface area contributed by atoms with Crippen LogP contribution in [0.1, 0.15) is 26.5 Å². The Morgan fingerprint density at radius 1 is 0.941 bits per heavy atom. The number of nitrogens with zero attached hydrogens (tertiary/aromatic N) is 1. The number of aromatic nitrogens is 1. The lowest BCUT2D eigenvalue weighted by atomic mass is 9.91. The molecule has 0 saturated carbocycles. The molecule has 0 fully saturated rings. The normalized spacial score (nSPS) is 12.1. The van der Waals surface area contributed by atoms with Gasteiger partial charge in [-0.05, 0) is 18.2 Å². The van der Waals surface area contributed by atoms with Crippen molar-refractivity contribution in [2.45, 2.75) is 26.2 Å². The summed E-state index contributed by atoms with van der Waals surface area (Å²) in [6.07, 6.45) is 0. The van der Waals surface area contributed by atoms with Crippen LogP contribution >= 0.6 is 34.8 Å². The Labute approximate surface area is 116 Å². The van der Waals surface area contributed by atoms with Gasteiger partial charge in [0.25, 0.3) is 0 Å². The molecule has 0 aliphatic rings. The summed E-state index contributed by atoms with van der Waals surface area (Å²) in [5.74, 6) is 0. The third-order valence-electron chi connectivity index (χ3n) is 2.55. The van der Waals surface area contributed by atoms with Crippen molar-refractivity contribution in [1.29, 1.82) is 0 Å². The first kappa shape index (κ1) is 12.9. The second-order valence-corrected chi connectivity index (χ2v) is 6.27. The standard InChI is InChI=1S/C13H12Cl3N/c1-13(2,3)11-6-9(15)8-4-7(14)5-10(16)12(8)17-11/h4-6H,1-3H3. The first-order valence-corrected chi connectivity index (χ1v) is 6.38. The van der Waals surface area contributed by atoms with Gasteiger partial charge < -0.3 is 0 Å². The highest BCUT2D eigenvalue weighted by molar-refractivity contribution is 6.41. The maximum Gasteiger partial charge on any atom is 0.0907 e. The minimum absolute atomic E-state index is 0.0687. The molecule has 90 valence electrons. The van der Waals surface area contributed by atoms with E-state index in [1.807, 2.05) is 6.07 Å². The lowest BCUT2D eigenvalue weighted by molar-refractivity contribution is 0.571.